The normalized spacial score (nSPS) is 17.8. The molecule has 0 saturated carbocycles. The van der Waals surface area contributed by atoms with Gasteiger partial charge < -0.3 is 10.1 Å². The fourth-order valence-corrected chi connectivity index (χ4v) is 3.24. The van der Waals surface area contributed by atoms with Crippen molar-refractivity contribution in [2.24, 2.45) is 0 Å². The summed E-state index contributed by atoms with van der Waals surface area (Å²) in [6.07, 6.45) is 1.86. The van der Waals surface area contributed by atoms with E-state index in [1.165, 1.54) is 0 Å². The Morgan fingerprint density at radius 1 is 1.52 bits per heavy atom. The molecular weight excluding hydrogens is 322 g/mol. The summed E-state index contributed by atoms with van der Waals surface area (Å²) < 4.78 is 7.29. The highest BCUT2D eigenvalue weighted by Crippen LogP contribution is 2.30. The minimum atomic E-state index is -0.397. The molecule has 2 atom stereocenters. The third-order valence-electron chi connectivity index (χ3n) is 4.43. The maximum atomic E-state index is 11.3. The van der Waals surface area contributed by atoms with E-state index in [2.05, 4.69) is 15.4 Å². The molecule has 0 unspecified atom stereocenters. The zero-order valence-corrected chi connectivity index (χ0v) is 14.7. The molecule has 0 amide bonds. The van der Waals surface area contributed by atoms with Crippen molar-refractivity contribution in [3.8, 4) is 5.75 Å². The van der Waals surface area contributed by atoms with Gasteiger partial charge in [-0.3, -0.25) is 10.1 Å². The minimum Gasteiger partial charge on any atom is -0.487 e. The summed E-state index contributed by atoms with van der Waals surface area (Å²) in [6, 6.07) is 5.40. The Bertz CT molecular complexity index is 774. The molecular formula is C17H23N5O3. The third-order valence-corrected chi connectivity index (χ3v) is 4.43. The maximum Gasteiger partial charge on any atom is 0.311 e. The fraction of sp³-hybridized carbons (Fsp3) is 0.529. The van der Waals surface area contributed by atoms with Gasteiger partial charge in [-0.2, -0.15) is 5.10 Å². The van der Waals surface area contributed by atoms with E-state index in [1.807, 2.05) is 31.5 Å². The molecule has 1 aliphatic rings. The highest BCUT2D eigenvalue weighted by Gasteiger charge is 2.24. The molecule has 1 aliphatic heterocycles. The van der Waals surface area contributed by atoms with Crippen LogP contribution in [-0.4, -0.2) is 32.3 Å². The smallest absolute Gasteiger partial charge is 0.311 e. The quantitative estimate of drug-likeness (QED) is 0.638. The van der Waals surface area contributed by atoms with Crippen LogP contribution in [0.15, 0.2) is 18.2 Å². The Kier molecular flexibility index (Phi) is 4.98. The number of ether oxygens (including phenoxy) is 1. The number of fused-ring (bicyclic) bond motifs is 1. The summed E-state index contributed by atoms with van der Waals surface area (Å²) >= 11 is 0. The molecule has 1 aromatic heterocycles. The number of rotatable bonds is 6. The summed E-state index contributed by atoms with van der Waals surface area (Å²) in [4.78, 5) is 15.3. The first-order chi connectivity index (χ1) is 12.0. The number of aryl methyl sites for hydroxylation is 2. The molecule has 2 heterocycles. The molecule has 0 spiro atoms. The van der Waals surface area contributed by atoms with Crippen LogP contribution in [0.3, 0.4) is 0 Å². The first-order valence-electron chi connectivity index (χ1n) is 8.55. The summed E-state index contributed by atoms with van der Waals surface area (Å²) in [5.41, 5.74) is 0.876. The lowest BCUT2D eigenvalue weighted by molar-refractivity contribution is -0.385. The Labute approximate surface area is 146 Å². The number of nitrogens with one attached hydrogen (secondary N) is 1. The molecule has 134 valence electrons. The topological polar surface area (TPSA) is 95.1 Å². The third kappa shape index (κ3) is 3.79. The summed E-state index contributed by atoms with van der Waals surface area (Å²) in [6.45, 7) is 6.89. The number of hydrogen-bond acceptors (Lipinski definition) is 6. The molecule has 8 nitrogen and oxygen atoms in total. The van der Waals surface area contributed by atoms with Crippen LogP contribution in [0.1, 0.15) is 43.5 Å². The molecule has 0 aliphatic carbocycles. The molecule has 2 aromatic rings. The van der Waals surface area contributed by atoms with Gasteiger partial charge >= 0.3 is 5.69 Å². The number of nitro benzene ring substituents is 1. The average molecular weight is 345 g/mol. The lowest BCUT2D eigenvalue weighted by Gasteiger charge is -2.27. The first kappa shape index (κ1) is 17.3. The lowest BCUT2D eigenvalue weighted by Crippen LogP contribution is -2.39. The molecule has 3 rings (SSSR count). The largest absolute Gasteiger partial charge is 0.487 e. The highest BCUT2D eigenvalue weighted by molar-refractivity contribution is 5.49. The second-order valence-electron chi connectivity index (χ2n) is 6.30. The molecule has 8 heteroatoms. The van der Waals surface area contributed by atoms with Gasteiger partial charge in [0.1, 0.15) is 11.6 Å². The molecule has 0 bridgehead atoms. The van der Waals surface area contributed by atoms with Crippen LogP contribution in [0.4, 0.5) is 5.69 Å². The SMILES string of the molecule is CCOc1ccc([C@@H](C)N[C@H]2CCc3nc(C)nn3C2)cc1[N+](=O)[O-]. The van der Waals surface area contributed by atoms with E-state index < -0.39 is 4.92 Å². The van der Waals surface area contributed by atoms with Crippen LogP contribution in [-0.2, 0) is 13.0 Å². The fourth-order valence-electron chi connectivity index (χ4n) is 3.24. The Morgan fingerprint density at radius 2 is 2.32 bits per heavy atom. The predicted molar refractivity (Wildman–Crippen MR) is 92.7 cm³/mol. The number of aromatic nitrogens is 3. The van der Waals surface area contributed by atoms with Gasteiger partial charge in [0.05, 0.1) is 18.1 Å². The van der Waals surface area contributed by atoms with Gasteiger partial charge in [-0.1, -0.05) is 6.07 Å². The summed E-state index contributed by atoms with van der Waals surface area (Å²) in [5.74, 6) is 2.13. The number of nitrogens with zero attached hydrogens (tertiary/aromatic N) is 4. The van der Waals surface area contributed by atoms with Crippen LogP contribution in [0.25, 0.3) is 0 Å². The molecule has 1 N–H and O–H groups in total. The van der Waals surface area contributed by atoms with Gasteiger partial charge in [0.15, 0.2) is 5.75 Å². The summed E-state index contributed by atoms with van der Waals surface area (Å²) in [7, 11) is 0. The van der Waals surface area contributed by atoms with Gasteiger partial charge in [0.25, 0.3) is 0 Å². The van der Waals surface area contributed by atoms with Crippen LogP contribution >= 0.6 is 0 Å². The van der Waals surface area contributed by atoms with E-state index in [-0.39, 0.29) is 17.8 Å². The molecule has 0 fully saturated rings. The molecule has 25 heavy (non-hydrogen) atoms. The zero-order chi connectivity index (χ0) is 18.0. The van der Waals surface area contributed by atoms with Crippen molar-refractivity contribution in [2.45, 2.75) is 52.2 Å². The van der Waals surface area contributed by atoms with Crippen LogP contribution in [0.5, 0.6) is 5.75 Å². The van der Waals surface area contributed by atoms with Gasteiger partial charge in [-0.25, -0.2) is 9.67 Å². The van der Waals surface area contributed by atoms with Crippen molar-refractivity contribution >= 4 is 5.69 Å². The Balaban J connectivity index is 1.72. The van der Waals surface area contributed by atoms with Gasteiger partial charge in [0, 0.05) is 24.6 Å². The van der Waals surface area contributed by atoms with Crippen LogP contribution in [0.2, 0.25) is 0 Å². The number of hydrogen-bond donors (Lipinski definition) is 1. The van der Waals surface area contributed by atoms with Crippen molar-refractivity contribution in [3.63, 3.8) is 0 Å². The number of benzene rings is 1. The van der Waals surface area contributed by atoms with Crippen molar-refractivity contribution in [1.29, 1.82) is 0 Å². The van der Waals surface area contributed by atoms with E-state index in [0.717, 1.165) is 36.6 Å². The van der Waals surface area contributed by atoms with Crippen LogP contribution in [0, 0.1) is 17.0 Å². The summed E-state index contributed by atoms with van der Waals surface area (Å²) in [5, 5.41) is 19.2. The Morgan fingerprint density at radius 3 is 3.04 bits per heavy atom. The first-order valence-corrected chi connectivity index (χ1v) is 8.55. The molecule has 1 aromatic carbocycles. The Hall–Kier alpha value is -2.48. The van der Waals surface area contributed by atoms with E-state index in [9.17, 15) is 10.1 Å². The van der Waals surface area contributed by atoms with E-state index in [1.54, 1.807) is 12.1 Å². The van der Waals surface area contributed by atoms with Crippen molar-refractivity contribution in [1.82, 2.24) is 20.1 Å². The molecule has 0 radical (unpaired) electrons. The van der Waals surface area contributed by atoms with E-state index in [0.29, 0.717) is 12.4 Å². The molecule has 0 saturated heterocycles. The second kappa shape index (κ2) is 7.18. The van der Waals surface area contributed by atoms with Crippen molar-refractivity contribution < 1.29 is 9.66 Å². The zero-order valence-electron chi connectivity index (χ0n) is 14.7. The van der Waals surface area contributed by atoms with Gasteiger partial charge in [-0.05, 0) is 38.8 Å². The van der Waals surface area contributed by atoms with Gasteiger partial charge in [-0.15, -0.1) is 0 Å². The second-order valence-corrected chi connectivity index (χ2v) is 6.30. The monoisotopic (exact) mass is 345 g/mol. The van der Waals surface area contributed by atoms with E-state index >= 15 is 0 Å². The minimum absolute atomic E-state index is 0.00540. The van der Waals surface area contributed by atoms with Gasteiger partial charge in [0.2, 0.25) is 0 Å². The van der Waals surface area contributed by atoms with Crippen molar-refractivity contribution in [3.05, 3.63) is 45.5 Å². The highest BCUT2D eigenvalue weighted by atomic mass is 16.6. The van der Waals surface area contributed by atoms with Crippen LogP contribution < -0.4 is 10.1 Å². The van der Waals surface area contributed by atoms with Crippen molar-refractivity contribution in [2.75, 3.05) is 6.61 Å². The van der Waals surface area contributed by atoms with E-state index in [4.69, 9.17) is 4.74 Å². The number of nitro groups is 1. The predicted octanol–water partition coefficient (Wildman–Crippen LogP) is 2.56. The average Bonchev–Trinajstić information content (AvgIpc) is 2.94. The standard InChI is InChI=1S/C17H23N5O3/c1-4-25-16-7-5-13(9-15(16)22(23)24)11(2)18-14-6-8-17-19-12(3)20-21(17)10-14/h5,7,9,11,14,18H,4,6,8,10H2,1-3H3/t11-,14+/m1/s1. The lowest BCUT2D eigenvalue weighted by atomic mass is 10.0. The maximum absolute atomic E-state index is 11.3.